The molecule has 1 saturated heterocycles. The maximum absolute atomic E-state index is 11.0. The molecule has 1 aliphatic rings. The number of hydrogen-bond acceptors (Lipinski definition) is 6. The van der Waals surface area contributed by atoms with Crippen LogP contribution >= 0.6 is 0 Å². The van der Waals surface area contributed by atoms with Crippen LogP contribution in [0.15, 0.2) is 60.7 Å². The number of anilines is 1. The Bertz CT molecular complexity index is 1360. The van der Waals surface area contributed by atoms with E-state index in [1.165, 1.54) is 11.6 Å². The quantitative estimate of drug-likeness (QED) is 0.272. The van der Waals surface area contributed by atoms with Gasteiger partial charge < -0.3 is 14.6 Å². The van der Waals surface area contributed by atoms with Crippen LogP contribution in [0.2, 0.25) is 0 Å². The normalized spacial score (nSPS) is 14.3. The number of aromatic nitrogens is 2. The van der Waals surface area contributed by atoms with E-state index in [0.717, 1.165) is 67.3 Å². The van der Waals surface area contributed by atoms with Crippen LogP contribution in [0.4, 0.5) is 11.4 Å². The third kappa shape index (κ3) is 5.04. The second kappa shape index (κ2) is 10.4. The highest BCUT2D eigenvalue weighted by Crippen LogP contribution is 2.29. The van der Waals surface area contributed by atoms with Gasteiger partial charge in [0.15, 0.2) is 0 Å². The molecule has 0 radical (unpaired) electrons. The van der Waals surface area contributed by atoms with Gasteiger partial charge in [0, 0.05) is 49.9 Å². The first-order chi connectivity index (χ1) is 17.5. The smallest absolute Gasteiger partial charge is 0.272 e. The standard InChI is InChI=1S/C28H31N5O3/c1-3-21-7-9-22(10-8-21)28-29-24-5-4-6-26(27(24)30-28)32-15-13-31(14-16-32)17-18-36-23-11-12-25(33(34)35)20(2)19-23/h4-12,19H,3,13-18H2,1-2H3,(H,29,30). The summed E-state index contributed by atoms with van der Waals surface area (Å²) in [6, 6.07) is 19.8. The highest BCUT2D eigenvalue weighted by molar-refractivity contribution is 5.91. The molecule has 1 aliphatic heterocycles. The van der Waals surface area contributed by atoms with E-state index < -0.39 is 0 Å². The van der Waals surface area contributed by atoms with Crippen LogP contribution in [0.5, 0.6) is 5.75 Å². The fraction of sp³-hybridized carbons (Fsp3) is 0.321. The monoisotopic (exact) mass is 485 g/mol. The van der Waals surface area contributed by atoms with Crippen molar-refractivity contribution in [3.63, 3.8) is 0 Å². The number of imidazole rings is 1. The second-order valence-electron chi connectivity index (χ2n) is 9.19. The zero-order chi connectivity index (χ0) is 25.1. The summed E-state index contributed by atoms with van der Waals surface area (Å²) in [6.45, 7) is 8.97. The highest BCUT2D eigenvalue weighted by Gasteiger charge is 2.20. The minimum atomic E-state index is -0.369. The number of hydrogen-bond donors (Lipinski definition) is 1. The predicted molar refractivity (Wildman–Crippen MR) is 143 cm³/mol. The number of nitro groups is 1. The molecule has 36 heavy (non-hydrogen) atoms. The molecule has 0 saturated carbocycles. The molecule has 8 nitrogen and oxygen atoms in total. The molecule has 1 N–H and O–H groups in total. The molecule has 3 aromatic carbocycles. The van der Waals surface area contributed by atoms with Gasteiger partial charge in [0.1, 0.15) is 23.7 Å². The molecule has 0 amide bonds. The Morgan fingerprint density at radius 3 is 2.53 bits per heavy atom. The Morgan fingerprint density at radius 1 is 1.06 bits per heavy atom. The molecule has 0 bridgehead atoms. The average molecular weight is 486 g/mol. The van der Waals surface area contributed by atoms with Crippen LogP contribution in [0.3, 0.4) is 0 Å². The summed E-state index contributed by atoms with van der Waals surface area (Å²) in [5.74, 6) is 1.57. The Kier molecular flexibility index (Phi) is 6.86. The summed E-state index contributed by atoms with van der Waals surface area (Å²) in [4.78, 5) is 23.9. The van der Waals surface area contributed by atoms with Gasteiger partial charge in [-0.2, -0.15) is 0 Å². The minimum absolute atomic E-state index is 0.118. The molecule has 5 rings (SSSR count). The lowest BCUT2D eigenvalue weighted by Gasteiger charge is -2.36. The molecular weight excluding hydrogens is 454 g/mol. The summed E-state index contributed by atoms with van der Waals surface area (Å²) in [6.07, 6.45) is 1.03. The van der Waals surface area contributed by atoms with Crippen molar-refractivity contribution in [3.05, 3.63) is 81.9 Å². The lowest BCUT2D eigenvalue weighted by molar-refractivity contribution is -0.385. The number of aryl methyl sites for hydroxylation is 2. The van der Waals surface area contributed by atoms with Crippen molar-refractivity contribution < 1.29 is 9.66 Å². The number of benzene rings is 3. The van der Waals surface area contributed by atoms with Crippen molar-refractivity contribution in [2.75, 3.05) is 44.2 Å². The number of piperazine rings is 1. The van der Waals surface area contributed by atoms with E-state index in [9.17, 15) is 10.1 Å². The van der Waals surface area contributed by atoms with Crippen LogP contribution in [-0.4, -0.2) is 59.1 Å². The summed E-state index contributed by atoms with van der Waals surface area (Å²) in [5, 5.41) is 11.0. The van der Waals surface area contributed by atoms with Crippen molar-refractivity contribution in [2.45, 2.75) is 20.3 Å². The Balaban J connectivity index is 1.19. The molecule has 0 aliphatic carbocycles. The van der Waals surface area contributed by atoms with Gasteiger partial charge in [-0.25, -0.2) is 4.98 Å². The van der Waals surface area contributed by atoms with Gasteiger partial charge in [-0.05, 0) is 43.2 Å². The van der Waals surface area contributed by atoms with Gasteiger partial charge in [-0.1, -0.05) is 37.3 Å². The van der Waals surface area contributed by atoms with Crippen molar-refractivity contribution in [1.82, 2.24) is 14.9 Å². The highest BCUT2D eigenvalue weighted by atomic mass is 16.6. The van der Waals surface area contributed by atoms with E-state index in [1.54, 1.807) is 19.1 Å². The zero-order valence-electron chi connectivity index (χ0n) is 20.7. The van der Waals surface area contributed by atoms with Gasteiger partial charge >= 0.3 is 0 Å². The zero-order valence-corrected chi connectivity index (χ0v) is 20.7. The van der Waals surface area contributed by atoms with Gasteiger partial charge in [0.2, 0.25) is 0 Å². The van der Waals surface area contributed by atoms with E-state index >= 15 is 0 Å². The molecule has 1 aromatic heterocycles. The number of aromatic amines is 1. The Hall–Kier alpha value is -3.91. The summed E-state index contributed by atoms with van der Waals surface area (Å²) >= 11 is 0. The van der Waals surface area contributed by atoms with E-state index in [4.69, 9.17) is 9.72 Å². The fourth-order valence-electron chi connectivity index (χ4n) is 4.73. The lowest BCUT2D eigenvalue weighted by Crippen LogP contribution is -2.47. The molecular formula is C28H31N5O3. The van der Waals surface area contributed by atoms with Crippen LogP contribution in [0, 0.1) is 17.0 Å². The molecule has 1 fully saturated rings. The lowest BCUT2D eigenvalue weighted by atomic mass is 10.1. The number of nitrogens with one attached hydrogen (secondary N) is 1. The van der Waals surface area contributed by atoms with Crippen LogP contribution < -0.4 is 9.64 Å². The van der Waals surface area contributed by atoms with Crippen LogP contribution in [-0.2, 0) is 6.42 Å². The molecule has 0 spiro atoms. The Labute approximate surface area is 210 Å². The number of rotatable bonds is 8. The predicted octanol–water partition coefficient (Wildman–Crippen LogP) is 5.21. The third-order valence-electron chi connectivity index (χ3n) is 6.88. The SMILES string of the molecule is CCc1ccc(-c2nc3c(N4CCN(CCOc5ccc([N+](=O)[O-])c(C)c5)CC4)cccc3[nH]2)cc1. The molecule has 0 unspecified atom stereocenters. The molecule has 8 heteroatoms. The number of ether oxygens (including phenoxy) is 1. The third-order valence-corrected chi connectivity index (χ3v) is 6.88. The van der Waals surface area contributed by atoms with Crippen LogP contribution in [0.1, 0.15) is 18.1 Å². The minimum Gasteiger partial charge on any atom is -0.492 e. The number of fused-ring (bicyclic) bond motifs is 1. The average Bonchev–Trinajstić information content (AvgIpc) is 3.34. The Morgan fingerprint density at radius 2 is 1.83 bits per heavy atom. The van der Waals surface area contributed by atoms with E-state index in [0.29, 0.717) is 17.9 Å². The maximum Gasteiger partial charge on any atom is 0.272 e. The summed E-state index contributed by atoms with van der Waals surface area (Å²) < 4.78 is 5.86. The van der Waals surface area contributed by atoms with Crippen molar-refractivity contribution in [1.29, 1.82) is 0 Å². The van der Waals surface area contributed by atoms with Crippen molar-refractivity contribution >= 4 is 22.4 Å². The van der Waals surface area contributed by atoms with E-state index in [-0.39, 0.29) is 10.6 Å². The number of para-hydroxylation sites is 1. The molecule has 2 heterocycles. The van der Waals surface area contributed by atoms with E-state index in [2.05, 4.69) is 64.2 Å². The van der Waals surface area contributed by atoms with Gasteiger partial charge in [0.05, 0.1) is 16.1 Å². The maximum atomic E-state index is 11.0. The van der Waals surface area contributed by atoms with Gasteiger partial charge in [-0.3, -0.25) is 15.0 Å². The first-order valence-electron chi connectivity index (χ1n) is 12.4. The summed E-state index contributed by atoms with van der Waals surface area (Å²) in [5.41, 5.74) is 6.38. The van der Waals surface area contributed by atoms with Crippen molar-refractivity contribution in [2.24, 2.45) is 0 Å². The second-order valence-corrected chi connectivity index (χ2v) is 9.19. The van der Waals surface area contributed by atoms with E-state index in [1.807, 2.05) is 0 Å². The number of nitrogens with zero attached hydrogens (tertiary/aromatic N) is 4. The van der Waals surface area contributed by atoms with Gasteiger partial charge in [0.25, 0.3) is 5.69 Å². The molecule has 0 atom stereocenters. The largest absolute Gasteiger partial charge is 0.492 e. The van der Waals surface area contributed by atoms with Crippen molar-refractivity contribution in [3.8, 4) is 17.1 Å². The van der Waals surface area contributed by atoms with Crippen LogP contribution in [0.25, 0.3) is 22.4 Å². The van der Waals surface area contributed by atoms with Gasteiger partial charge in [-0.15, -0.1) is 0 Å². The number of H-pyrrole nitrogens is 1. The fourth-order valence-corrected chi connectivity index (χ4v) is 4.73. The number of nitro benzene ring substituents is 1. The topological polar surface area (TPSA) is 87.5 Å². The molecule has 186 valence electrons. The molecule has 4 aromatic rings. The first kappa shape index (κ1) is 23.8. The summed E-state index contributed by atoms with van der Waals surface area (Å²) in [7, 11) is 0. The first-order valence-corrected chi connectivity index (χ1v) is 12.4.